The number of piperazine rings is 1. The Labute approximate surface area is 224 Å². The molecule has 0 spiro atoms. The maximum absolute atomic E-state index is 13.6. The quantitative estimate of drug-likeness (QED) is 0.401. The van der Waals surface area contributed by atoms with Crippen LogP contribution in [0.5, 0.6) is 0 Å². The van der Waals surface area contributed by atoms with Crippen molar-refractivity contribution in [1.29, 1.82) is 0 Å². The average molecular weight is 540 g/mol. The summed E-state index contributed by atoms with van der Waals surface area (Å²) in [5, 5.41) is 13.5. The molecule has 1 unspecified atom stereocenters. The summed E-state index contributed by atoms with van der Waals surface area (Å²) < 4.78 is 41.6. The molecule has 0 bridgehead atoms. The first kappa shape index (κ1) is 26.9. The first-order valence-corrected chi connectivity index (χ1v) is 12.9. The zero-order chi connectivity index (χ0) is 28.1. The number of aryl methyl sites for hydroxylation is 2. The van der Waals surface area contributed by atoms with E-state index in [-0.39, 0.29) is 5.56 Å². The molecule has 2 aromatic carbocycles. The summed E-state index contributed by atoms with van der Waals surface area (Å²) in [6, 6.07) is 10.8. The molecule has 3 heterocycles. The molecule has 1 atom stereocenters. The van der Waals surface area contributed by atoms with Gasteiger partial charge in [-0.25, -0.2) is 4.68 Å². The largest absolute Gasteiger partial charge is 0.416 e. The maximum Gasteiger partial charge on any atom is 0.416 e. The Bertz CT molecular complexity index is 1560. The molecule has 206 valence electrons. The van der Waals surface area contributed by atoms with E-state index in [1.165, 1.54) is 12.1 Å². The minimum Gasteiger partial charge on any atom is -0.369 e. The van der Waals surface area contributed by atoms with Crippen LogP contribution in [0.4, 0.5) is 18.9 Å². The molecule has 1 aliphatic heterocycles. The minimum absolute atomic E-state index is 0.219. The van der Waals surface area contributed by atoms with Crippen molar-refractivity contribution in [3.63, 3.8) is 0 Å². The Kier molecular flexibility index (Phi) is 6.74. The van der Waals surface area contributed by atoms with E-state index in [2.05, 4.69) is 25.4 Å². The van der Waals surface area contributed by atoms with Gasteiger partial charge in [0.2, 0.25) is 0 Å². The van der Waals surface area contributed by atoms with Crippen LogP contribution in [0.1, 0.15) is 54.9 Å². The highest BCUT2D eigenvalue weighted by molar-refractivity contribution is 5.83. The number of hydrogen-bond donors (Lipinski definition) is 1. The van der Waals surface area contributed by atoms with Crippen molar-refractivity contribution < 1.29 is 13.2 Å². The number of pyridine rings is 1. The number of aromatic amines is 1. The number of fused-ring (bicyclic) bond motifs is 1. The number of nitrogens with zero attached hydrogens (tertiary/aromatic N) is 6. The van der Waals surface area contributed by atoms with Crippen LogP contribution >= 0.6 is 0 Å². The van der Waals surface area contributed by atoms with Crippen LogP contribution in [0, 0.1) is 13.8 Å². The Morgan fingerprint density at radius 1 is 0.974 bits per heavy atom. The van der Waals surface area contributed by atoms with Crippen LogP contribution in [0.15, 0.2) is 47.3 Å². The van der Waals surface area contributed by atoms with E-state index in [1.807, 2.05) is 57.7 Å². The Morgan fingerprint density at radius 3 is 2.36 bits per heavy atom. The van der Waals surface area contributed by atoms with Crippen LogP contribution in [0.25, 0.3) is 10.9 Å². The number of rotatable bonds is 4. The summed E-state index contributed by atoms with van der Waals surface area (Å²) in [6.07, 6.45) is -4.40. The van der Waals surface area contributed by atoms with Gasteiger partial charge in [0.1, 0.15) is 6.04 Å². The van der Waals surface area contributed by atoms with Crippen LogP contribution in [-0.4, -0.2) is 56.3 Å². The molecule has 1 N–H and O–H groups in total. The fraction of sp³-hybridized carbons (Fsp3) is 0.429. The van der Waals surface area contributed by atoms with Crippen molar-refractivity contribution in [3.05, 3.63) is 80.9 Å². The number of anilines is 1. The van der Waals surface area contributed by atoms with E-state index in [0.29, 0.717) is 43.3 Å². The predicted octanol–water partition coefficient (Wildman–Crippen LogP) is 4.82. The summed E-state index contributed by atoms with van der Waals surface area (Å²) >= 11 is 0. The SMILES string of the molecule is Cc1cc(C)c2[nH]c(=O)c(C(c3nnnn3C(C)(C)C)N3CCN(c4cccc(C(F)(F)F)c4)CC3)cc2c1. The maximum atomic E-state index is 13.6. The smallest absolute Gasteiger partial charge is 0.369 e. The average Bonchev–Trinajstić information content (AvgIpc) is 3.35. The molecule has 0 aliphatic carbocycles. The number of nitrogens with one attached hydrogen (secondary N) is 1. The lowest BCUT2D eigenvalue weighted by molar-refractivity contribution is -0.137. The second-order valence-electron chi connectivity index (χ2n) is 11.2. The molecule has 4 aromatic rings. The van der Waals surface area contributed by atoms with E-state index in [9.17, 15) is 18.0 Å². The first-order chi connectivity index (χ1) is 18.3. The molecule has 0 amide bonds. The molecule has 0 saturated carbocycles. The zero-order valence-electron chi connectivity index (χ0n) is 22.7. The number of H-pyrrole nitrogens is 1. The summed E-state index contributed by atoms with van der Waals surface area (Å²) in [5.74, 6) is 0.546. The second kappa shape index (κ2) is 9.78. The Morgan fingerprint density at radius 2 is 1.69 bits per heavy atom. The van der Waals surface area contributed by atoms with Gasteiger partial charge in [-0.3, -0.25) is 9.69 Å². The number of tetrazole rings is 1. The van der Waals surface area contributed by atoms with Crippen molar-refractivity contribution in [1.82, 2.24) is 30.1 Å². The van der Waals surface area contributed by atoms with Crippen molar-refractivity contribution in [2.45, 2.75) is 52.4 Å². The van der Waals surface area contributed by atoms with Gasteiger partial charge in [-0.15, -0.1) is 5.10 Å². The van der Waals surface area contributed by atoms with Gasteiger partial charge in [-0.05, 0) is 86.3 Å². The standard InChI is InChI=1S/C28H32F3N7O/c1-17-13-18(2)23-19(14-17)15-22(26(39)32-23)24(25-33-34-35-38(25)27(3,4)5)37-11-9-36(10-12-37)21-8-6-7-20(16-21)28(29,30)31/h6-8,13-16,24H,9-12H2,1-5H3,(H,32,39). The number of benzene rings is 2. The molecule has 1 saturated heterocycles. The fourth-order valence-corrected chi connectivity index (χ4v) is 5.37. The van der Waals surface area contributed by atoms with Crippen LogP contribution in [0.3, 0.4) is 0 Å². The highest BCUT2D eigenvalue weighted by Gasteiger charge is 2.36. The third-order valence-electron chi connectivity index (χ3n) is 7.21. The highest BCUT2D eigenvalue weighted by Crippen LogP contribution is 2.34. The normalized spacial score (nSPS) is 16.2. The molecular formula is C28H32F3N7O. The van der Waals surface area contributed by atoms with Gasteiger partial charge in [0.05, 0.1) is 16.6 Å². The predicted molar refractivity (Wildman–Crippen MR) is 144 cm³/mol. The van der Waals surface area contributed by atoms with Crippen molar-refractivity contribution in [3.8, 4) is 0 Å². The van der Waals surface area contributed by atoms with Crippen molar-refractivity contribution in [2.24, 2.45) is 0 Å². The molecule has 39 heavy (non-hydrogen) atoms. The van der Waals surface area contributed by atoms with Crippen LogP contribution < -0.4 is 10.5 Å². The topological polar surface area (TPSA) is 82.9 Å². The molecule has 0 radical (unpaired) electrons. The lowest BCUT2D eigenvalue weighted by Crippen LogP contribution is -2.49. The summed E-state index contributed by atoms with van der Waals surface area (Å²) in [4.78, 5) is 20.7. The van der Waals surface area contributed by atoms with E-state index < -0.39 is 23.3 Å². The molecule has 1 aliphatic rings. The monoisotopic (exact) mass is 539 g/mol. The van der Waals surface area contributed by atoms with Crippen LogP contribution in [0.2, 0.25) is 0 Å². The van der Waals surface area contributed by atoms with E-state index in [1.54, 1.807) is 10.7 Å². The molecule has 5 rings (SSSR count). The fourth-order valence-electron chi connectivity index (χ4n) is 5.37. The molecule has 1 fully saturated rings. The second-order valence-corrected chi connectivity index (χ2v) is 11.2. The number of hydrogen-bond acceptors (Lipinski definition) is 6. The Balaban J connectivity index is 1.54. The highest BCUT2D eigenvalue weighted by atomic mass is 19.4. The first-order valence-electron chi connectivity index (χ1n) is 12.9. The Hall–Kier alpha value is -3.73. The summed E-state index contributed by atoms with van der Waals surface area (Å²) in [7, 11) is 0. The van der Waals surface area contributed by atoms with Gasteiger partial charge < -0.3 is 9.88 Å². The number of alkyl halides is 3. The van der Waals surface area contributed by atoms with E-state index in [4.69, 9.17) is 0 Å². The lowest BCUT2D eigenvalue weighted by atomic mass is 9.99. The zero-order valence-corrected chi connectivity index (χ0v) is 22.7. The van der Waals surface area contributed by atoms with Gasteiger partial charge in [-0.1, -0.05) is 17.7 Å². The van der Waals surface area contributed by atoms with Gasteiger partial charge in [-0.2, -0.15) is 13.2 Å². The van der Waals surface area contributed by atoms with Gasteiger partial charge in [0.15, 0.2) is 5.82 Å². The minimum atomic E-state index is -4.40. The molecule has 8 nitrogen and oxygen atoms in total. The third kappa shape index (κ3) is 5.27. The molecular weight excluding hydrogens is 507 g/mol. The van der Waals surface area contributed by atoms with Crippen molar-refractivity contribution >= 4 is 16.6 Å². The number of halogens is 3. The summed E-state index contributed by atoms with van der Waals surface area (Å²) in [6.45, 7) is 11.9. The van der Waals surface area contributed by atoms with Crippen LogP contribution in [-0.2, 0) is 11.7 Å². The van der Waals surface area contributed by atoms with E-state index in [0.717, 1.165) is 28.1 Å². The molecule has 2 aromatic heterocycles. The van der Waals surface area contributed by atoms with Crippen molar-refractivity contribution in [2.75, 3.05) is 31.1 Å². The van der Waals surface area contributed by atoms with Gasteiger partial charge >= 0.3 is 6.18 Å². The van der Waals surface area contributed by atoms with Gasteiger partial charge in [0.25, 0.3) is 5.56 Å². The van der Waals surface area contributed by atoms with E-state index >= 15 is 0 Å². The third-order valence-corrected chi connectivity index (χ3v) is 7.21. The lowest BCUT2D eigenvalue weighted by Gasteiger charge is -2.40. The molecule has 11 heteroatoms. The number of aromatic nitrogens is 5. The van der Waals surface area contributed by atoms with Gasteiger partial charge in [0, 0.05) is 37.4 Å². The summed E-state index contributed by atoms with van der Waals surface area (Å²) in [5.41, 5.74) is 2.59.